The van der Waals surface area contributed by atoms with Gasteiger partial charge in [-0.15, -0.1) is 0 Å². The highest BCUT2D eigenvalue weighted by Crippen LogP contribution is 2.30. The van der Waals surface area contributed by atoms with E-state index >= 15 is 0 Å². The predicted octanol–water partition coefficient (Wildman–Crippen LogP) is 4.63. The van der Waals surface area contributed by atoms with Gasteiger partial charge in [0.2, 0.25) is 0 Å². The summed E-state index contributed by atoms with van der Waals surface area (Å²) in [4.78, 5) is 1.94. The first kappa shape index (κ1) is 13.3. The van der Waals surface area contributed by atoms with E-state index in [4.69, 9.17) is 5.26 Å². The second kappa shape index (κ2) is 7.70. The Morgan fingerprint density at radius 1 is 1.29 bits per heavy atom. The summed E-state index contributed by atoms with van der Waals surface area (Å²) in [5.41, 5.74) is 1.19. The molecule has 2 heteroatoms. The van der Waals surface area contributed by atoms with E-state index in [-0.39, 0.29) is 0 Å². The van der Waals surface area contributed by atoms with Gasteiger partial charge in [0.1, 0.15) is 6.07 Å². The molecular weight excluding hydrogens is 190 g/mol. The third-order valence-electron chi connectivity index (χ3n) is 1.89. The lowest BCUT2D eigenvalue weighted by molar-refractivity contribution is 0.904. The van der Waals surface area contributed by atoms with E-state index < -0.39 is 0 Å². The van der Waals surface area contributed by atoms with Gasteiger partial charge in [0.25, 0.3) is 0 Å². The van der Waals surface area contributed by atoms with Crippen LogP contribution < -0.4 is 0 Å². The summed E-state index contributed by atoms with van der Waals surface area (Å²) in [6.45, 7) is 10.2. The fraction of sp³-hybridized carbons (Fsp3) is 0.583. The van der Waals surface area contributed by atoms with Gasteiger partial charge >= 0.3 is 0 Å². The van der Waals surface area contributed by atoms with Gasteiger partial charge < -0.3 is 0 Å². The minimum atomic E-state index is 0.838. The highest BCUT2D eigenvalue weighted by molar-refractivity contribution is 8.07. The maximum Gasteiger partial charge on any atom is 0.106 e. The van der Waals surface area contributed by atoms with E-state index in [1.165, 1.54) is 5.57 Å². The maximum atomic E-state index is 8.97. The monoisotopic (exact) mass is 209 g/mol. The molecule has 0 atom stereocenters. The Hall–Kier alpha value is -0.680. The first-order valence-electron chi connectivity index (χ1n) is 5.11. The van der Waals surface area contributed by atoms with Gasteiger partial charge in [-0.1, -0.05) is 45.0 Å². The highest BCUT2D eigenvalue weighted by Gasteiger charge is 2.04. The molecule has 0 bridgehead atoms. The van der Waals surface area contributed by atoms with Crippen molar-refractivity contribution in [1.29, 1.82) is 5.26 Å². The molecule has 0 spiro atoms. The van der Waals surface area contributed by atoms with Crippen molar-refractivity contribution in [1.82, 2.24) is 0 Å². The summed E-state index contributed by atoms with van der Waals surface area (Å²) in [5.74, 6) is 0. The van der Waals surface area contributed by atoms with Gasteiger partial charge in [-0.3, -0.25) is 0 Å². The highest BCUT2D eigenvalue weighted by atomic mass is 32.2. The Morgan fingerprint density at radius 2 is 1.86 bits per heavy atom. The van der Waals surface area contributed by atoms with Crippen LogP contribution in [0.3, 0.4) is 0 Å². The third-order valence-corrected chi connectivity index (χ3v) is 3.03. The average molecular weight is 209 g/mol. The Morgan fingerprint density at radius 3 is 2.29 bits per heavy atom. The third kappa shape index (κ3) is 5.14. The van der Waals surface area contributed by atoms with Crippen LogP contribution in [0.15, 0.2) is 22.0 Å². The van der Waals surface area contributed by atoms with E-state index in [1.807, 2.05) is 6.92 Å². The molecule has 0 saturated carbocycles. The van der Waals surface area contributed by atoms with Crippen molar-refractivity contribution >= 4 is 11.8 Å². The van der Waals surface area contributed by atoms with Crippen molar-refractivity contribution in [2.75, 3.05) is 0 Å². The predicted molar refractivity (Wildman–Crippen MR) is 64.9 cm³/mol. The number of rotatable bonds is 6. The molecule has 0 radical (unpaired) electrons. The van der Waals surface area contributed by atoms with Crippen LogP contribution >= 0.6 is 11.8 Å². The zero-order valence-electron chi connectivity index (χ0n) is 9.39. The van der Waals surface area contributed by atoms with E-state index in [0.717, 1.165) is 35.5 Å². The van der Waals surface area contributed by atoms with Crippen LogP contribution in [0.5, 0.6) is 0 Å². The molecule has 0 N–H and O–H groups in total. The quantitative estimate of drug-likeness (QED) is 0.595. The van der Waals surface area contributed by atoms with Crippen molar-refractivity contribution in [3.05, 3.63) is 22.0 Å². The van der Waals surface area contributed by atoms with Crippen molar-refractivity contribution in [2.24, 2.45) is 0 Å². The minimum absolute atomic E-state index is 0.838. The molecule has 0 aliphatic rings. The van der Waals surface area contributed by atoms with Gasteiger partial charge in [0.05, 0.1) is 4.91 Å². The smallest absolute Gasteiger partial charge is 0.106 e. The zero-order valence-corrected chi connectivity index (χ0v) is 10.2. The van der Waals surface area contributed by atoms with Crippen LogP contribution in [0, 0.1) is 11.3 Å². The molecule has 0 saturated heterocycles. The molecule has 0 unspecified atom stereocenters. The van der Waals surface area contributed by atoms with Gasteiger partial charge in [0, 0.05) is 0 Å². The summed E-state index contributed by atoms with van der Waals surface area (Å²) >= 11 is 1.54. The molecule has 1 nitrogen and oxygen atoms in total. The second-order valence-electron chi connectivity index (χ2n) is 3.36. The molecule has 78 valence electrons. The molecule has 0 amide bonds. The fourth-order valence-corrected chi connectivity index (χ4v) is 2.08. The Balaban J connectivity index is 4.36. The first-order valence-corrected chi connectivity index (χ1v) is 5.92. The number of nitrogens with zero attached hydrogens (tertiary/aromatic N) is 1. The molecule has 0 rings (SSSR count). The van der Waals surface area contributed by atoms with Gasteiger partial charge in [-0.25, -0.2) is 0 Å². The first-order chi connectivity index (χ1) is 6.65. The van der Waals surface area contributed by atoms with Gasteiger partial charge in [0.15, 0.2) is 0 Å². The van der Waals surface area contributed by atoms with Gasteiger partial charge in [-0.05, 0) is 30.2 Å². The SMILES string of the molecule is C=C(CCC)S/C(C#N)=C(/C)CCC. The Labute approximate surface area is 91.9 Å². The number of hydrogen-bond donors (Lipinski definition) is 0. The maximum absolute atomic E-state index is 8.97. The number of thioether (sulfide) groups is 1. The fourth-order valence-electron chi connectivity index (χ4n) is 1.17. The summed E-state index contributed by atoms with van der Waals surface area (Å²) in [6.07, 6.45) is 4.19. The summed E-state index contributed by atoms with van der Waals surface area (Å²) in [5, 5.41) is 8.97. The summed E-state index contributed by atoms with van der Waals surface area (Å²) in [7, 11) is 0. The number of allylic oxidation sites excluding steroid dienone is 3. The molecule has 0 heterocycles. The topological polar surface area (TPSA) is 23.8 Å². The number of nitriles is 1. The zero-order chi connectivity index (χ0) is 11.0. The molecule has 0 aromatic rings. The van der Waals surface area contributed by atoms with Gasteiger partial charge in [-0.2, -0.15) is 5.26 Å². The average Bonchev–Trinajstić information content (AvgIpc) is 2.15. The molecular formula is C12H19NS. The number of hydrogen-bond acceptors (Lipinski definition) is 2. The van der Waals surface area contributed by atoms with Crippen LogP contribution in [0.1, 0.15) is 46.5 Å². The lowest BCUT2D eigenvalue weighted by atomic mass is 10.2. The van der Waals surface area contributed by atoms with Crippen LogP contribution in [-0.4, -0.2) is 0 Å². The normalized spacial score (nSPS) is 11.9. The minimum Gasteiger partial charge on any atom is -0.192 e. The Kier molecular flexibility index (Phi) is 7.32. The molecule has 14 heavy (non-hydrogen) atoms. The van der Waals surface area contributed by atoms with Crippen LogP contribution in [0.4, 0.5) is 0 Å². The molecule has 0 fully saturated rings. The van der Waals surface area contributed by atoms with Crippen molar-refractivity contribution < 1.29 is 0 Å². The molecule has 0 aliphatic heterocycles. The molecule has 0 aromatic heterocycles. The summed E-state index contributed by atoms with van der Waals surface area (Å²) < 4.78 is 0. The van der Waals surface area contributed by atoms with E-state index in [0.29, 0.717) is 0 Å². The van der Waals surface area contributed by atoms with E-state index in [1.54, 1.807) is 11.8 Å². The van der Waals surface area contributed by atoms with Crippen molar-refractivity contribution in [3.8, 4) is 6.07 Å². The summed E-state index contributed by atoms with van der Waals surface area (Å²) in [6, 6.07) is 2.26. The lowest BCUT2D eigenvalue weighted by Gasteiger charge is -2.05. The van der Waals surface area contributed by atoms with Crippen molar-refractivity contribution in [2.45, 2.75) is 46.5 Å². The Bertz CT molecular complexity index is 258. The largest absolute Gasteiger partial charge is 0.192 e. The standard InChI is InChI=1S/C12H19NS/c1-5-7-10(3)12(9-13)14-11(4)8-6-2/h4-8H2,1-3H3/b12-10-. The second-order valence-corrected chi connectivity index (χ2v) is 4.55. The van der Waals surface area contributed by atoms with Crippen molar-refractivity contribution in [3.63, 3.8) is 0 Å². The lowest BCUT2D eigenvalue weighted by Crippen LogP contribution is -1.83. The van der Waals surface area contributed by atoms with Crippen LogP contribution in [0.25, 0.3) is 0 Å². The van der Waals surface area contributed by atoms with Crippen LogP contribution in [0.2, 0.25) is 0 Å². The van der Waals surface area contributed by atoms with E-state index in [2.05, 4.69) is 26.5 Å². The van der Waals surface area contributed by atoms with Crippen LogP contribution in [-0.2, 0) is 0 Å². The molecule has 0 aliphatic carbocycles. The van der Waals surface area contributed by atoms with E-state index in [9.17, 15) is 0 Å². The molecule has 0 aromatic carbocycles.